The van der Waals surface area contributed by atoms with E-state index < -0.39 is 17.8 Å². The number of carbonyl (C=O) groups is 1. The first-order valence-corrected chi connectivity index (χ1v) is 6.66. The second-order valence-electron chi connectivity index (χ2n) is 5.34. The van der Waals surface area contributed by atoms with Crippen LogP contribution in [0.15, 0.2) is 18.2 Å². The van der Waals surface area contributed by atoms with Crippen LogP contribution < -0.4 is 0 Å². The van der Waals surface area contributed by atoms with E-state index in [0.29, 0.717) is 0 Å². The minimum Gasteiger partial charge on any atom is -0.481 e. The molecule has 1 atom stereocenters. The van der Waals surface area contributed by atoms with Crippen molar-refractivity contribution in [3.63, 3.8) is 0 Å². The zero-order valence-corrected chi connectivity index (χ0v) is 12.1. The molecule has 1 aromatic heterocycles. The van der Waals surface area contributed by atoms with Gasteiger partial charge in [0, 0.05) is 0 Å². The van der Waals surface area contributed by atoms with Crippen LogP contribution in [0.5, 0.6) is 0 Å². The van der Waals surface area contributed by atoms with E-state index in [0.717, 1.165) is 5.56 Å². The molecule has 0 amide bonds. The molecule has 0 aliphatic heterocycles. The maximum Gasteiger partial charge on any atom is 0.305 e. The lowest BCUT2D eigenvalue weighted by Gasteiger charge is -2.20. The summed E-state index contributed by atoms with van der Waals surface area (Å²) in [6, 6.07) is 4.33. The molecule has 2 rings (SSSR count). The third-order valence-corrected chi connectivity index (χ3v) is 3.33. The van der Waals surface area contributed by atoms with Crippen LogP contribution in [-0.4, -0.2) is 31.3 Å². The van der Waals surface area contributed by atoms with Gasteiger partial charge in [-0.3, -0.25) is 4.79 Å². The Morgan fingerprint density at radius 1 is 1.43 bits per heavy atom. The number of aromatic nitrogens is 4. The van der Waals surface area contributed by atoms with E-state index in [1.54, 1.807) is 19.1 Å². The number of benzene rings is 1. The van der Waals surface area contributed by atoms with Gasteiger partial charge in [0.05, 0.1) is 18.0 Å². The zero-order valence-electron chi connectivity index (χ0n) is 12.1. The van der Waals surface area contributed by atoms with Gasteiger partial charge in [0.15, 0.2) is 5.82 Å². The van der Waals surface area contributed by atoms with Crippen molar-refractivity contribution in [2.45, 2.75) is 33.2 Å². The monoisotopic (exact) mass is 292 g/mol. The average molecular weight is 292 g/mol. The lowest BCUT2D eigenvalue weighted by atomic mass is 10.0. The molecular weight excluding hydrogens is 275 g/mol. The predicted octanol–water partition coefficient (Wildman–Crippen LogP) is 2.46. The first-order chi connectivity index (χ1) is 9.90. The number of aliphatic carboxylic acids is 1. The maximum atomic E-state index is 14.1. The Morgan fingerprint density at radius 2 is 2.14 bits per heavy atom. The van der Waals surface area contributed by atoms with Crippen LogP contribution in [0.2, 0.25) is 0 Å². The van der Waals surface area contributed by atoms with Crippen molar-refractivity contribution >= 4 is 5.97 Å². The van der Waals surface area contributed by atoms with E-state index in [9.17, 15) is 9.18 Å². The molecule has 0 bridgehead atoms. The van der Waals surface area contributed by atoms with E-state index in [2.05, 4.69) is 15.5 Å². The van der Waals surface area contributed by atoms with Gasteiger partial charge in [-0.25, -0.2) is 9.07 Å². The molecule has 7 heteroatoms. The van der Waals surface area contributed by atoms with Crippen LogP contribution >= 0.6 is 0 Å². The van der Waals surface area contributed by atoms with Gasteiger partial charge in [-0.05, 0) is 41.0 Å². The average Bonchev–Trinajstić information content (AvgIpc) is 2.84. The van der Waals surface area contributed by atoms with E-state index in [4.69, 9.17) is 5.11 Å². The largest absolute Gasteiger partial charge is 0.481 e. The van der Waals surface area contributed by atoms with Gasteiger partial charge in [0.25, 0.3) is 0 Å². The van der Waals surface area contributed by atoms with Gasteiger partial charge in [-0.2, -0.15) is 0 Å². The second kappa shape index (κ2) is 5.99. The molecule has 0 radical (unpaired) electrons. The highest BCUT2D eigenvalue weighted by atomic mass is 19.1. The minimum atomic E-state index is -0.945. The normalized spacial score (nSPS) is 12.6. The molecule has 1 N–H and O–H groups in total. The molecule has 1 aromatic carbocycles. The Kier molecular flexibility index (Phi) is 4.30. The van der Waals surface area contributed by atoms with Crippen molar-refractivity contribution in [2.75, 3.05) is 0 Å². The van der Waals surface area contributed by atoms with E-state index in [1.807, 2.05) is 13.8 Å². The van der Waals surface area contributed by atoms with Crippen molar-refractivity contribution in [3.8, 4) is 11.4 Å². The molecule has 6 nitrogen and oxygen atoms in total. The number of rotatable bonds is 5. The molecule has 1 unspecified atom stereocenters. The molecular formula is C14H17FN4O2. The number of tetrazole rings is 1. The summed E-state index contributed by atoms with van der Waals surface area (Å²) < 4.78 is 15.5. The van der Waals surface area contributed by atoms with Gasteiger partial charge in [0.1, 0.15) is 5.82 Å². The number of hydrogen-bond donors (Lipinski definition) is 1. The van der Waals surface area contributed by atoms with Crippen LogP contribution in [0.25, 0.3) is 11.4 Å². The van der Waals surface area contributed by atoms with Crippen molar-refractivity contribution in [1.82, 2.24) is 20.2 Å². The first kappa shape index (κ1) is 15.1. The fraction of sp³-hybridized carbons (Fsp3) is 0.429. The molecule has 0 saturated carbocycles. The molecule has 0 aliphatic rings. The zero-order chi connectivity index (χ0) is 15.6. The lowest BCUT2D eigenvalue weighted by Crippen LogP contribution is -2.21. The molecule has 1 heterocycles. The Bertz CT molecular complexity index is 654. The second-order valence-corrected chi connectivity index (χ2v) is 5.34. The van der Waals surface area contributed by atoms with Gasteiger partial charge < -0.3 is 5.11 Å². The number of hydrogen-bond acceptors (Lipinski definition) is 4. The summed E-state index contributed by atoms with van der Waals surface area (Å²) in [7, 11) is 0. The highest BCUT2D eigenvalue weighted by Gasteiger charge is 2.25. The van der Waals surface area contributed by atoms with Crippen molar-refractivity contribution in [3.05, 3.63) is 29.6 Å². The molecule has 21 heavy (non-hydrogen) atoms. The summed E-state index contributed by atoms with van der Waals surface area (Å²) in [4.78, 5) is 11.0. The summed E-state index contributed by atoms with van der Waals surface area (Å²) in [5.41, 5.74) is 1.06. The predicted molar refractivity (Wildman–Crippen MR) is 74.1 cm³/mol. The number of halogens is 1. The number of carboxylic acid groups (broad SMARTS) is 1. The van der Waals surface area contributed by atoms with E-state index >= 15 is 0 Å². The topological polar surface area (TPSA) is 80.9 Å². The highest BCUT2D eigenvalue weighted by molar-refractivity contribution is 5.67. The number of carboxylic acids is 1. The quantitative estimate of drug-likeness (QED) is 0.915. The fourth-order valence-corrected chi connectivity index (χ4v) is 2.18. The fourth-order valence-electron chi connectivity index (χ4n) is 2.18. The van der Waals surface area contributed by atoms with Crippen LogP contribution in [0.4, 0.5) is 4.39 Å². The summed E-state index contributed by atoms with van der Waals surface area (Å²) >= 11 is 0. The minimum absolute atomic E-state index is 0.00291. The summed E-state index contributed by atoms with van der Waals surface area (Å²) in [6.45, 7) is 5.55. The summed E-state index contributed by atoms with van der Waals surface area (Å²) in [5, 5.41) is 20.3. The lowest BCUT2D eigenvalue weighted by molar-refractivity contribution is -0.138. The maximum absolute atomic E-state index is 14.1. The van der Waals surface area contributed by atoms with Gasteiger partial charge in [-0.1, -0.05) is 19.9 Å². The number of aryl methyl sites for hydroxylation is 1. The summed E-state index contributed by atoms with van der Waals surface area (Å²) in [5.74, 6) is -1.13. The van der Waals surface area contributed by atoms with Crippen molar-refractivity contribution < 1.29 is 14.3 Å². The van der Waals surface area contributed by atoms with Crippen molar-refractivity contribution in [2.24, 2.45) is 5.92 Å². The van der Waals surface area contributed by atoms with E-state index in [-0.39, 0.29) is 23.7 Å². The van der Waals surface area contributed by atoms with Gasteiger partial charge in [-0.15, -0.1) is 5.10 Å². The molecule has 0 aliphatic carbocycles. The molecule has 0 fully saturated rings. The van der Waals surface area contributed by atoms with Gasteiger partial charge in [0.2, 0.25) is 0 Å². The SMILES string of the molecule is Cc1ccc(-c2nnnn2C(CC(=O)O)C(C)C)c(F)c1. The van der Waals surface area contributed by atoms with Crippen LogP contribution in [-0.2, 0) is 4.79 Å². The summed E-state index contributed by atoms with van der Waals surface area (Å²) in [6.07, 6.45) is -0.122. The third kappa shape index (κ3) is 3.24. The molecule has 112 valence electrons. The third-order valence-electron chi connectivity index (χ3n) is 3.33. The first-order valence-electron chi connectivity index (χ1n) is 6.66. The van der Waals surface area contributed by atoms with Gasteiger partial charge >= 0.3 is 5.97 Å². The standard InChI is InChI=1S/C14H17FN4O2/c1-8(2)12(7-13(20)21)19-14(16-17-18-19)10-5-4-9(3)6-11(10)15/h4-6,8,12H,7H2,1-3H3,(H,20,21). The van der Waals surface area contributed by atoms with Crippen molar-refractivity contribution in [1.29, 1.82) is 0 Å². The smallest absolute Gasteiger partial charge is 0.305 e. The Hall–Kier alpha value is -2.31. The molecule has 0 spiro atoms. The van der Waals surface area contributed by atoms with Crippen LogP contribution in [0.3, 0.4) is 0 Å². The van der Waals surface area contributed by atoms with E-state index in [1.165, 1.54) is 10.7 Å². The molecule has 0 saturated heterocycles. The highest BCUT2D eigenvalue weighted by Crippen LogP contribution is 2.28. The van der Waals surface area contributed by atoms with Crippen LogP contribution in [0.1, 0.15) is 31.9 Å². The Labute approximate surface area is 121 Å². The Balaban J connectivity index is 2.48. The Morgan fingerprint density at radius 3 is 2.71 bits per heavy atom. The number of nitrogens with zero attached hydrogens (tertiary/aromatic N) is 4. The van der Waals surface area contributed by atoms with Crippen LogP contribution in [0, 0.1) is 18.7 Å². The molecule has 2 aromatic rings.